The first kappa shape index (κ1) is 16.4. The van der Waals surface area contributed by atoms with Crippen molar-refractivity contribution in [1.82, 2.24) is 0 Å². The first-order valence-corrected chi connectivity index (χ1v) is 5.95. The van der Waals surface area contributed by atoms with Crippen LogP contribution in [-0.4, -0.2) is 25.3 Å². The van der Waals surface area contributed by atoms with Crippen molar-refractivity contribution in [3.63, 3.8) is 0 Å². The first-order chi connectivity index (χ1) is 9.25. The van der Waals surface area contributed by atoms with Gasteiger partial charge in [0.25, 0.3) is 0 Å². The highest BCUT2D eigenvalue weighted by atomic mass is 19.4. The number of benzene rings is 1. The standard InChI is InChI=1S/C13H15F4NO2/c1-2-20-11(19)12(8-18,7-13(15,16)17)9-4-3-5-10(14)6-9/h3-6H,2,7-8,18H2,1H3. The molecule has 0 aliphatic rings. The van der Waals surface area contributed by atoms with Gasteiger partial charge in [0.15, 0.2) is 0 Å². The Morgan fingerprint density at radius 2 is 2.00 bits per heavy atom. The summed E-state index contributed by atoms with van der Waals surface area (Å²) in [4.78, 5) is 12.0. The van der Waals surface area contributed by atoms with Crippen LogP contribution in [0.25, 0.3) is 0 Å². The molecular weight excluding hydrogens is 278 g/mol. The summed E-state index contributed by atoms with van der Waals surface area (Å²) in [6, 6.07) is 4.41. The zero-order valence-electron chi connectivity index (χ0n) is 10.8. The topological polar surface area (TPSA) is 52.3 Å². The number of halogens is 4. The highest BCUT2D eigenvalue weighted by molar-refractivity contribution is 5.83. The minimum absolute atomic E-state index is 0.0895. The van der Waals surface area contributed by atoms with Crippen LogP contribution < -0.4 is 5.73 Å². The third kappa shape index (κ3) is 3.69. The van der Waals surface area contributed by atoms with Gasteiger partial charge in [-0.25, -0.2) is 4.39 Å². The van der Waals surface area contributed by atoms with Crippen molar-refractivity contribution in [2.45, 2.75) is 24.9 Å². The average molecular weight is 293 g/mol. The van der Waals surface area contributed by atoms with Crippen molar-refractivity contribution in [2.24, 2.45) is 5.73 Å². The van der Waals surface area contributed by atoms with Gasteiger partial charge in [0, 0.05) is 6.54 Å². The number of hydrogen-bond donors (Lipinski definition) is 1. The third-order valence-corrected chi connectivity index (χ3v) is 2.89. The molecule has 0 heterocycles. The quantitative estimate of drug-likeness (QED) is 0.670. The SMILES string of the molecule is CCOC(=O)C(CN)(CC(F)(F)F)c1cccc(F)c1. The summed E-state index contributed by atoms with van der Waals surface area (Å²) < 4.78 is 56.2. The normalized spacial score (nSPS) is 14.7. The maximum Gasteiger partial charge on any atom is 0.390 e. The monoisotopic (exact) mass is 293 g/mol. The molecule has 0 aromatic heterocycles. The lowest BCUT2D eigenvalue weighted by molar-refractivity contribution is -0.171. The van der Waals surface area contributed by atoms with E-state index in [-0.39, 0.29) is 12.2 Å². The van der Waals surface area contributed by atoms with E-state index in [9.17, 15) is 22.4 Å². The number of ether oxygens (including phenoxy) is 1. The number of esters is 1. The lowest BCUT2D eigenvalue weighted by atomic mass is 9.77. The molecule has 1 aromatic rings. The molecule has 0 spiro atoms. The predicted octanol–water partition coefficient (Wildman–Crippen LogP) is 2.54. The molecule has 1 rings (SSSR count). The molecule has 20 heavy (non-hydrogen) atoms. The zero-order chi connectivity index (χ0) is 15.4. The fourth-order valence-corrected chi connectivity index (χ4v) is 1.96. The van der Waals surface area contributed by atoms with Crippen LogP contribution in [0.15, 0.2) is 24.3 Å². The summed E-state index contributed by atoms with van der Waals surface area (Å²) in [6.07, 6.45) is -6.14. The van der Waals surface area contributed by atoms with Gasteiger partial charge in [-0.2, -0.15) is 13.2 Å². The Kier molecular flexibility index (Phi) is 5.10. The smallest absolute Gasteiger partial charge is 0.390 e. The van der Waals surface area contributed by atoms with Crippen molar-refractivity contribution in [3.8, 4) is 0 Å². The van der Waals surface area contributed by atoms with Crippen LogP contribution >= 0.6 is 0 Å². The highest BCUT2D eigenvalue weighted by Gasteiger charge is 2.49. The van der Waals surface area contributed by atoms with E-state index in [1.807, 2.05) is 0 Å². The molecule has 0 bridgehead atoms. The number of nitrogens with two attached hydrogens (primary N) is 1. The molecule has 7 heteroatoms. The number of rotatable bonds is 5. The van der Waals surface area contributed by atoms with E-state index in [0.29, 0.717) is 0 Å². The Bertz CT molecular complexity index is 476. The van der Waals surface area contributed by atoms with Crippen LogP contribution in [0.3, 0.4) is 0 Å². The Morgan fingerprint density at radius 1 is 1.35 bits per heavy atom. The van der Waals surface area contributed by atoms with Crippen LogP contribution in [0, 0.1) is 5.82 Å². The highest BCUT2D eigenvalue weighted by Crippen LogP contribution is 2.37. The fourth-order valence-electron chi connectivity index (χ4n) is 1.96. The summed E-state index contributed by atoms with van der Waals surface area (Å²) in [5.74, 6) is -1.85. The minimum atomic E-state index is -4.64. The molecule has 1 unspecified atom stereocenters. The van der Waals surface area contributed by atoms with Gasteiger partial charge >= 0.3 is 12.1 Å². The molecule has 0 fully saturated rings. The van der Waals surface area contributed by atoms with E-state index in [4.69, 9.17) is 10.5 Å². The van der Waals surface area contributed by atoms with Crippen LogP contribution in [0.2, 0.25) is 0 Å². The Morgan fingerprint density at radius 3 is 2.45 bits per heavy atom. The van der Waals surface area contributed by atoms with Crippen molar-refractivity contribution < 1.29 is 27.1 Å². The molecule has 1 atom stereocenters. The summed E-state index contributed by atoms with van der Waals surface area (Å²) in [7, 11) is 0. The van der Waals surface area contributed by atoms with Gasteiger partial charge in [0.1, 0.15) is 11.2 Å². The van der Waals surface area contributed by atoms with Gasteiger partial charge < -0.3 is 10.5 Å². The molecule has 3 nitrogen and oxygen atoms in total. The second-order valence-electron chi connectivity index (χ2n) is 4.31. The summed E-state index contributed by atoms with van der Waals surface area (Å²) in [5, 5.41) is 0. The van der Waals surface area contributed by atoms with E-state index >= 15 is 0 Å². The molecule has 112 valence electrons. The van der Waals surface area contributed by atoms with E-state index in [1.165, 1.54) is 19.1 Å². The lowest BCUT2D eigenvalue weighted by Gasteiger charge is -2.31. The summed E-state index contributed by atoms with van der Waals surface area (Å²) in [6.45, 7) is 0.751. The number of alkyl halides is 3. The minimum Gasteiger partial charge on any atom is -0.465 e. The van der Waals surface area contributed by atoms with Crippen molar-refractivity contribution >= 4 is 5.97 Å². The Labute approximate surface area is 113 Å². The summed E-state index contributed by atoms with van der Waals surface area (Å²) in [5.41, 5.74) is 3.13. The molecule has 1 aromatic carbocycles. The maximum absolute atomic E-state index is 13.2. The van der Waals surface area contributed by atoms with Crippen LogP contribution in [0.4, 0.5) is 17.6 Å². The lowest BCUT2D eigenvalue weighted by Crippen LogP contribution is -2.47. The van der Waals surface area contributed by atoms with Gasteiger partial charge in [-0.1, -0.05) is 12.1 Å². The summed E-state index contributed by atoms with van der Waals surface area (Å²) >= 11 is 0. The number of carbonyl (C=O) groups excluding carboxylic acids is 1. The van der Waals surface area contributed by atoms with Gasteiger partial charge in [-0.15, -0.1) is 0 Å². The number of hydrogen-bond acceptors (Lipinski definition) is 3. The van der Waals surface area contributed by atoms with Crippen LogP contribution in [0.1, 0.15) is 18.9 Å². The second-order valence-corrected chi connectivity index (χ2v) is 4.31. The zero-order valence-corrected chi connectivity index (χ0v) is 10.8. The van der Waals surface area contributed by atoms with Crippen LogP contribution in [0.5, 0.6) is 0 Å². The van der Waals surface area contributed by atoms with Gasteiger partial charge in [-0.3, -0.25) is 4.79 Å². The second kappa shape index (κ2) is 6.21. The van der Waals surface area contributed by atoms with Gasteiger partial charge in [-0.05, 0) is 24.6 Å². The third-order valence-electron chi connectivity index (χ3n) is 2.89. The number of carbonyl (C=O) groups is 1. The van der Waals surface area contributed by atoms with Crippen LogP contribution in [-0.2, 0) is 14.9 Å². The Balaban J connectivity index is 3.34. The molecule has 0 radical (unpaired) electrons. The molecular formula is C13H15F4NO2. The van der Waals surface area contributed by atoms with Crippen molar-refractivity contribution in [3.05, 3.63) is 35.6 Å². The van der Waals surface area contributed by atoms with E-state index in [1.54, 1.807) is 0 Å². The Hall–Kier alpha value is -1.63. The molecule has 2 N–H and O–H groups in total. The molecule has 0 amide bonds. The molecule has 0 saturated heterocycles. The molecule has 0 saturated carbocycles. The molecule has 0 aliphatic carbocycles. The molecule has 0 aliphatic heterocycles. The predicted molar refractivity (Wildman–Crippen MR) is 64.4 cm³/mol. The van der Waals surface area contributed by atoms with E-state index < -0.39 is 36.3 Å². The van der Waals surface area contributed by atoms with Gasteiger partial charge in [0.2, 0.25) is 0 Å². The van der Waals surface area contributed by atoms with E-state index in [0.717, 1.165) is 12.1 Å². The van der Waals surface area contributed by atoms with Gasteiger partial charge in [0.05, 0.1) is 13.0 Å². The first-order valence-electron chi connectivity index (χ1n) is 5.95. The van der Waals surface area contributed by atoms with E-state index in [2.05, 4.69) is 0 Å². The maximum atomic E-state index is 13.2. The van der Waals surface area contributed by atoms with Crippen molar-refractivity contribution in [2.75, 3.05) is 13.2 Å². The average Bonchev–Trinajstić information content (AvgIpc) is 2.35. The largest absolute Gasteiger partial charge is 0.465 e. The van der Waals surface area contributed by atoms with Crippen molar-refractivity contribution in [1.29, 1.82) is 0 Å². The fraction of sp³-hybridized carbons (Fsp3) is 0.462.